The number of carbonyl (C=O) groups is 2. The molecule has 3 N–H and O–H groups in total. The van der Waals surface area contributed by atoms with Crippen LogP contribution in [-0.2, 0) is 14.6 Å². The van der Waals surface area contributed by atoms with E-state index in [9.17, 15) is 23.1 Å². The molecule has 0 aliphatic heterocycles. The Hall–Kier alpha value is -1.31. The van der Waals surface area contributed by atoms with E-state index in [4.69, 9.17) is 0 Å². The second kappa shape index (κ2) is 7.63. The van der Waals surface area contributed by atoms with E-state index in [0.29, 0.717) is 19.3 Å². The Bertz CT molecular complexity index is 469. The standard InChI is InChI=1S/C13H24N2O5S/c1-21(19,20)9-5-8-14-12(18)15-10-13(11(16)17)6-3-2-4-7-13/h2-10H2,1H3,(H,16,17)(H2,14,15,18). The molecule has 0 aromatic carbocycles. The summed E-state index contributed by atoms with van der Waals surface area (Å²) in [5.41, 5.74) is -0.859. The van der Waals surface area contributed by atoms with Gasteiger partial charge in [-0.1, -0.05) is 19.3 Å². The molecule has 1 aliphatic carbocycles. The van der Waals surface area contributed by atoms with E-state index in [1.165, 1.54) is 0 Å². The summed E-state index contributed by atoms with van der Waals surface area (Å²) in [4.78, 5) is 23.0. The fraction of sp³-hybridized carbons (Fsp3) is 0.846. The van der Waals surface area contributed by atoms with Gasteiger partial charge in [-0.05, 0) is 19.3 Å². The van der Waals surface area contributed by atoms with Crippen molar-refractivity contribution in [3.63, 3.8) is 0 Å². The van der Waals surface area contributed by atoms with Gasteiger partial charge in [-0.15, -0.1) is 0 Å². The number of hydrogen-bond donors (Lipinski definition) is 3. The number of nitrogens with one attached hydrogen (secondary N) is 2. The molecule has 0 spiro atoms. The molecule has 8 heteroatoms. The highest BCUT2D eigenvalue weighted by molar-refractivity contribution is 7.90. The van der Waals surface area contributed by atoms with Crippen LogP contribution in [0.5, 0.6) is 0 Å². The zero-order chi connectivity index (χ0) is 15.9. The highest BCUT2D eigenvalue weighted by atomic mass is 32.2. The highest BCUT2D eigenvalue weighted by Crippen LogP contribution is 2.35. The summed E-state index contributed by atoms with van der Waals surface area (Å²) in [6.45, 7) is 0.360. The van der Waals surface area contributed by atoms with E-state index >= 15 is 0 Å². The molecule has 122 valence electrons. The molecule has 7 nitrogen and oxygen atoms in total. The lowest BCUT2D eigenvalue weighted by atomic mass is 9.74. The van der Waals surface area contributed by atoms with Crippen LogP contribution in [0.15, 0.2) is 0 Å². The number of amides is 2. The number of hydrogen-bond acceptors (Lipinski definition) is 4. The van der Waals surface area contributed by atoms with Gasteiger partial charge in [0.25, 0.3) is 0 Å². The van der Waals surface area contributed by atoms with E-state index < -0.39 is 27.3 Å². The first-order chi connectivity index (χ1) is 9.75. The minimum Gasteiger partial charge on any atom is -0.481 e. The zero-order valence-electron chi connectivity index (χ0n) is 12.4. The van der Waals surface area contributed by atoms with E-state index in [-0.39, 0.29) is 18.8 Å². The van der Waals surface area contributed by atoms with Crippen molar-refractivity contribution < 1.29 is 23.1 Å². The van der Waals surface area contributed by atoms with Crippen LogP contribution in [0.4, 0.5) is 4.79 Å². The Morgan fingerprint density at radius 3 is 2.29 bits per heavy atom. The maximum Gasteiger partial charge on any atom is 0.314 e. The van der Waals surface area contributed by atoms with Crippen LogP contribution >= 0.6 is 0 Å². The van der Waals surface area contributed by atoms with Crippen molar-refractivity contribution in [2.75, 3.05) is 25.1 Å². The Morgan fingerprint density at radius 2 is 1.76 bits per heavy atom. The second-order valence-corrected chi connectivity index (χ2v) is 8.00. The lowest BCUT2D eigenvalue weighted by Crippen LogP contribution is -2.47. The third-order valence-corrected chi connectivity index (χ3v) is 4.86. The van der Waals surface area contributed by atoms with Crippen molar-refractivity contribution in [3.05, 3.63) is 0 Å². The van der Waals surface area contributed by atoms with Gasteiger partial charge < -0.3 is 15.7 Å². The summed E-state index contributed by atoms with van der Waals surface area (Å²) in [5, 5.41) is 14.5. The predicted octanol–water partition coefficient (Wildman–Crippen LogP) is 0.755. The van der Waals surface area contributed by atoms with Crippen LogP contribution < -0.4 is 10.6 Å². The van der Waals surface area contributed by atoms with Gasteiger partial charge in [0.2, 0.25) is 0 Å². The van der Waals surface area contributed by atoms with Gasteiger partial charge in [0.05, 0.1) is 11.2 Å². The molecule has 21 heavy (non-hydrogen) atoms. The lowest BCUT2D eigenvalue weighted by molar-refractivity contribution is -0.150. The van der Waals surface area contributed by atoms with E-state index in [0.717, 1.165) is 25.5 Å². The third kappa shape index (κ3) is 6.33. The molecular formula is C13H24N2O5S. The lowest BCUT2D eigenvalue weighted by Gasteiger charge is -2.33. The van der Waals surface area contributed by atoms with Crippen LogP contribution in [0.25, 0.3) is 0 Å². The number of rotatable bonds is 7. The van der Waals surface area contributed by atoms with Gasteiger partial charge in [0.15, 0.2) is 0 Å². The number of sulfone groups is 1. The van der Waals surface area contributed by atoms with Gasteiger partial charge in [-0.25, -0.2) is 13.2 Å². The van der Waals surface area contributed by atoms with Crippen LogP contribution in [0.2, 0.25) is 0 Å². The molecule has 1 fully saturated rings. The first kappa shape index (κ1) is 17.7. The normalized spacial score (nSPS) is 18.0. The second-order valence-electron chi connectivity index (χ2n) is 5.74. The molecule has 0 bridgehead atoms. The van der Waals surface area contributed by atoms with Crippen molar-refractivity contribution in [2.24, 2.45) is 5.41 Å². The smallest absolute Gasteiger partial charge is 0.314 e. The SMILES string of the molecule is CS(=O)(=O)CCCNC(=O)NCC1(C(=O)O)CCCCC1. The summed E-state index contributed by atoms with van der Waals surface area (Å²) in [7, 11) is -3.02. The van der Waals surface area contributed by atoms with Crippen molar-refractivity contribution in [1.29, 1.82) is 0 Å². The van der Waals surface area contributed by atoms with Crippen LogP contribution in [-0.4, -0.2) is 50.6 Å². The predicted molar refractivity (Wildman–Crippen MR) is 78.9 cm³/mol. The minimum atomic E-state index is -3.02. The fourth-order valence-corrected chi connectivity index (χ4v) is 3.21. The van der Waals surface area contributed by atoms with Gasteiger partial charge in [-0.2, -0.15) is 0 Å². The monoisotopic (exact) mass is 320 g/mol. The van der Waals surface area contributed by atoms with Crippen LogP contribution in [0.3, 0.4) is 0 Å². The molecule has 0 unspecified atom stereocenters. The average molecular weight is 320 g/mol. The first-order valence-corrected chi connectivity index (χ1v) is 9.24. The van der Waals surface area contributed by atoms with Crippen LogP contribution in [0.1, 0.15) is 38.5 Å². The van der Waals surface area contributed by atoms with Gasteiger partial charge in [-0.3, -0.25) is 4.79 Å². The molecule has 0 aromatic heterocycles. The summed E-state index contributed by atoms with van der Waals surface area (Å²) in [6.07, 6.45) is 5.41. The van der Waals surface area contributed by atoms with Crippen molar-refractivity contribution >= 4 is 21.8 Å². The number of carboxylic acids is 1. The maximum atomic E-state index is 11.6. The topological polar surface area (TPSA) is 113 Å². The van der Waals surface area contributed by atoms with Crippen molar-refractivity contribution in [3.8, 4) is 0 Å². The van der Waals surface area contributed by atoms with Crippen molar-refractivity contribution in [1.82, 2.24) is 10.6 Å². The summed E-state index contributed by atoms with van der Waals surface area (Å²) in [5.74, 6) is -0.841. The zero-order valence-corrected chi connectivity index (χ0v) is 13.2. The maximum absolute atomic E-state index is 11.6. The number of aliphatic carboxylic acids is 1. The molecule has 2 amide bonds. The van der Waals surface area contributed by atoms with Gasteiger partial charge in [0, 0.05) is 19.3 Å². The van der Waals surface area contributed by atoms with Gasteiger partial charge >= 0.3 is 12.0 Å². The molecule has 0 aromatic rings. The minimum absolute atomic E-state index is 0.0202. The van der Waals surface area contributed by atoms with E-state index in [2.05, 4.69) is 10.6 Å². The number of carbonyl (C=O) groups excluding carboxylic acids is 1. The molecule has 1 saturated carbocycles. The number of carboxylic acid groups (broad SMARTS) is 1. The Morgan fingerprint density at radius 1 is 1.14 bits per heavy atom. The fourth-order valence-electron chi connectivity index (χ4n) is 2.54. The average Bonchev–Trinajstić information content (AvgIpc) is 2.41. The molecule has 1 rings (SSSR count). The van der Waals surface area contributed by atoms with Crippen molar-refractivity contribution in [2.45, 2.75) is 38.5 Å². The molecule has 1 aliphatic rings. The molecular weight excluding hydrogens is 296 g/mol. The Balaban J connectivity index is 2.32. The first-order valence-electron chi connectivity index (χ1n) is 7.18. The summed E-state index contributed by atoms with van der Waals surface area (Å²) >= 11 is 0. The largest absolute Gasteiger partial charge is 0.481 e. The van der Waals surface area contributed by atoms with E-state index in [1.54, 1.807) is 0 Å². The highest BCUT2D eigenvalue weighted by Gasteiger charge is 2.39. The quantitative estimate of drug-likeness (QED) is 0.599. The Labute approximate surface area is 125 Å². The molecule has 0 saturated heterocycles. The van der Waals surface area contributed by atoms with E-state index in [1.807, 2.05) is 0 Å². The Kier molecular flexibility index (Phi) is 6.44. The third-order valence-electron chi connectivity index (χ3n) is 3.83. The number of urea groups is 1. The summed E-state index contributed by atoms with van der Waals surface area (Å²) in [6, 6.07) is -0.449. The molecule has 0 radical (unpaired) electrons. The summed E-state index contributed by atoms with van der Waals surface area (Å²) < 4.78 is 21.9. The van der Waals surface area contributed by atoms with Crippen LogP contribution in [0, 0.1) is 5.41 Å². The molecule has 0 atom stereocenters. The van der Waals surface area contributed by atoms with Gasteiger partial charge in [0.1, 0.15) is 9.84 Å². The molecule has 0 heterocycles.